The Morgan fingerprint density at radius 3 is 2.75 bits per heavy atom. The molecule has 0 bridgehead atoms. The number of allylic oxidation sites excluding steroid dienone is 2. The van der Waals surface area contributed by atoms with Crippen LogP contribution in [0.25, 0.3) is 0 Å². The van der Waals surface area contributed by atoms with Crippen molar-refractivity contribution in [1.29, 1.82) is 0 Å². The average molecular weight is 219 g/mol. The molecule has 1 aromatic carbocycles. The second kappa shape index (κ2) is 4.47. The van der Waals surface area contributed by atoms with Crippen LogP contribution in [-0.4, -0.2) is 5.78 Å². The Bertz CT molecular complexity index is 451. The van der Waals surface area contributed by atoms with E-state index in [1.165, 1.54) is 12.1 Å². The van der Waals surface area contributed by atoms with E-state index in [4.69, 9.17) is 5.73 Å². The van der Waals surface area contributed by atoms with Gasteiger partial charge in [-0.2, -0.15) is 0 Å². The molecular weight excluding hydrogens is 205 g/mol. The van der Waals surface area contributed by atoms with Gasteiger partial charge in [-0.1, -0.05) is 6.08 Å². The second-order valence-corrected chi connectivity index (χ2v) is 4.04. The lowest BCUT2D eigenvalue weighted by molar-refractivity contribution is 0.102. The first-order valence-corrected chi connectivity index (χ1v) is 5.47. The first-order valence-electron chi connectivity index (χ1n) is 5.47. The number of carbonyl (C=O) groups is 1. The van der Waals surface area contributed by atoms with Crippen LogP contribution in [0.1, 0.15) is 36.0 Å². The molecule has 0 saturated carbocycles. The number of halogens is 1. The number of hydrogen-bond donors (Lipinski definition) is 1. The van der Waals surface area contributed by atoms with E-state index in [0.717, 1.165) is 31.3 Å². The van der Waals surface area contributed by atoms with Crippen molar-refractivity contribution >= 4 is 11.5 Å². The summed E-state index contributed by atoms with van der Waals surface area (Å²) in [6.07, 6.45) is 5.71. The molecule has 0 spiro atoms. The molecule has 1 aromatic rings. The van der Waals surface area contributed by atoms with Crippen LogP contribution < -0.4 is 5.73 Å². The van der Waals surface area contributed by atoms with E-state index in [1.54, 1.807) is 6.07 Å². The number of nitrogens with two attached hydrogens (primary N) is 1. The van der Waals surface area contributed by atoms with Crippen LogP contribution in [0.4, 0.5) is 10.1 Å². The molecule has 1 aliphatic rings. The van der Waals surface area contributed by atoms with Crippen LogP contribution >= 0.6 is 0 Å². The predicted octanol–water partition coefficient (Wildman–Crippen LogP) is 3.09. The normalized spacial score (nSPS) is 15.7. The molecule has 0 aromatic heterocycles. The van der Waals surface area contributed by atoms with Gasteiger partial charge in [0, 0.05) is 5.69 Å². The molecule has 0 fully saturated rings. The van der Waals surface area contributed by atoms with Crippen LogP contribution in [0.15, 0.2) is 29.8 Å². The summed E-state index contributed by atoms with van der Waals surface area (Å²) in [5, 5.41) is 0. The zero-order valence-corrected chi connectivity index (χ0v) is 9.00. The summed E-state index contributed by atoms with van der Waals surface area (Å²) in [6, 6.07) is 4.21. The highest BCUT2D eigenvalue weighted by atomic mass is 19.1. The zero-order valence-electron chi connectivity index (χ0n) is 9.00. The maximum atomic E-state index is 13.5. The summed E-state index contributed by atoms with van der Waals surface area (Å²) in [5.74, 6) is -0.728. The van der Waals surface area contributed by atoms with Gasteiger partial charge in [0.25, 0.3) is 0 Å². The Kier molecular flexibility index (Phi) is 3.04. The number of Topliss-reactive ketones (excluding diaryl/α,β-unsaturated/α-hetero) is 1. The first kappa shape index (κ1) is 10.9. The molecule has 2 nitrogen and oxygen atoms in total. The van der Waals surface area contributed by atoms with Crippen LogP contribution in [-0.2, 0) is 0 Å². The van der Waals surface area contributed by atoms with Crippen molar-refractivity contribution in [3.05, 3.63) is 41.2 Å². The highest BCUT2D eigenvalue weighted by molar-refractivity contribution is 6.09. The highest BCUT2D eigenvalue weighted by Crippen LogP contribution is 2.23. The number of rotatable bonds is 2. The monoisotopic (exact) mass is 219 g/mol. The molecule has 3 heteroatoms. The van der Waals surface area contributed by atoms with Gasteiger partial charge in [0.1, 0.15) is 5.82 Å². The van der Waals surface area contributed by atoms with Crippen LogP contribution in [0.3, 0.4) is 0 Å². The molecule has 84 valence electrons. The van der Waals surface area contributed by atoms with Gasteiger partial charge in [-0.15, -0.1) is 0 Å². The molecule has 0 radical (unpaired) electrons. The molecule has 0 saturated heterocycles. The quantitative estimate of drug-likeness (QED) is 0.613. The van der Waals surface area contributed by atoms with Crippen molar-refractivity contribution in [1.82, 2.24) is 0 Å². The number of nitrogen functional groups attached to an aromatic ring is 1. The summed E-state index contributed by atoms with van der Waals surface area (Å²) in [5.41, 5.74) is 6.64. The molecule has 2 rings (SSSR count). The van der Waals surface area contributed by atoms with Crippen molar-refractivity contribution in [2.45, 2.75) is 25.7 Å². The minimum absolute atomic E-state index is 0.127. The lowest BCUT2D eigenvalue weighted by Gasteiger charge is -2.12. The third-order valence-corrected chi connectivity index (χ3v) is 2.82. The number of benzene rings is 1. The van der Waals surface area contributed by atoms with E-state index in [0.29, 0.717) is 5.69 Å². The molecule has 0 aliphatic heterocycles. The first-order chi connectivity index (χ1) is 7.68. The fourth-order valence-electron chi connectivity index (χ4n) is 1.93. The Hall–Kier alpha value is -1.64. The Morgan fingerprint density at radius 1 is 1.31 bits per heavy atom. The fraction of sp³-hybridized carbons (Fsp3) is 0.308. The van der Waals surface area contributed by atoms with Crippen molar-refractivity contribution in [3.8, 4) is 0 Å². The summed E-state index contributed by atoms with van der Waals surface area (Å²) in [7, 11) is 0. The van der Waals surface area contributed by atoms with E-state index in [9.17, 15) is 9.18 Å². The summed E-state index contributed by atoms with van der Waals surface area (Å²) < 4.78 is 13.5. The molecule has 0 atom stereocenters. The van der Waals surface area contributed by atoms with Gasteiger partial charge in [-0.05, 0) is 49.5 Å². The van der Waals surface area contributed by atoms with E-state index in [-0.39, 0.29) is 11.3 Å². The molecule has 0 heterocycles. The van der Waals surface area contributed by atoms with Crippen molar-refractivity contribution in [2.75, 3.05) is 5.73 Å². The zero-order chi connectivity index (χ0) is 11.5. The van der Waals surface area contributed by atoms with Crippen LogP contribution in [0.2, 0.25) is 0 Å². The third-order valence-electron chi connectivity index (χ3n) is 2.82. The summed E-state index contributed by atoms with van der Waals surface area (Å²) >= 11 is 0. The highest BCUT2D eigenvalue weighted by Gasteiger charge is 2.17. The van der Waals surface area contributed by atoms with E-state index in [2.05, 4.69) is 0 Å². The summed E-state index contributed by atoms with van der Waals surface area (Å²) in [4.78, 5) is 12.0. The number of carbonyl (C=O) groups excluding carboxylic acids is 1. The van der Waals surface area contributed by atoms with Gasteiger partial charge in [-0.3, -0.25) is 4.79 Å². The van der Waals surface area contributed by atoms with E-state index >= 15 is 0 Å². The maximum absolute atomic E-state index is 13.5. The number of hydrogen-bond acceptors (Lipinski definition) is 2. The Morgan fingerprint density at radius 2 is 2.12 bits per heavy atom. The van der Waals surface area contributed by atoms with Gasteiger partial charge in [0.15, 0.2) is 5.78 Å². The third kappa shape index (κ3) is 2.13. The molecule has 0 amide bonds. The average Bonchev–Trinajstić information content (AvgIpc) is 2.29. The lowest BCUT2D eigenvalue weighted by atomic mass is 9.93. The van der Waals surface area contributed by atoms with Crippen molar-refractivity contribution in [2.24, 2.45) is 0 Å². The van der Waals surface area contributed by atoms with Gasteiger partial charge < -0.3 is 5.73 Å². The fourth-order valence-corrected chi connectivity index (χ4v) is 1.93. The smallest absolute Gasteiger partial charge is 0.191 e. The van der Waals surface area contributed by atoms with Crippen LogP contribution in [0, 0.1) is 5.82 Å². The standard InChI is InChI=1S/C13H14FNO/c14-12-8-10(15)6-7-11(12)13(16)9-4-2-1-3-5-9/h4,6-8H,1-3,5,15H2. The van der Waals surface area contributed by atoms with Gasteiger partial charge in [0.05, 0.1) is 5.56 Å². The molecular formula is C13H14FNO. The van der Waals surface area contributed by atoms with Gasteiger partial charge in [0.2, 0.25) is 0 Å². The molecule has 1 aliphatic carbocycles. The Labute approximate surface area is 94.0 Å². The molecule has 2 N–H and O–H groups in total. The molecule has 0 unspecified atom stereocenters. The predicted molar refractivity (Wildman–Crippen MR) is 61.7 cm³/mol. The maximum Gasteiger partial charge on any atom is 0.191 e. The molecule has 16 heavy (non-hydrogen) atoms. The van der Waals surface area contributed by atoms with E-state index < -0.39 is 5.82 Å². The van der Waals surface area contributed by atoms with Gasteiger partial charge in [-0.25, -0.2) is 4.39 Å². The lowest BCUT2D eigenvalue weighted by Crippen LogP contribution is -2.08. The SMILES string of the molecule is Nc1ccc(C(=O)C2=CCCCC2)c(F)c1. The Balaban J connectivity index is 2.30. The minimum atomic E-state index is -0.531. The summed E-state index contributed by atoms with van der Waals surface area (Å²) in [6.45, 7) is 0. The van der Waals surface area contributed by atoms with Crippen LogP contribution in [0.5, 0.6) is 0 Å². The number of ketones is 1. The van der Waals surface area contributed by atoms with E-state index in [1.807, 2.05) is 6.08 Å². The van der Waals surface area contributed by atoms with Crippen molar-refractivity contribution in [3.63, 3.8) is 0 Å². The van der Waals surface area contributed by atoms with Gasteiger partial charge >= 0.3 is 0 Å². The largest absolute Gasteiger partial charge is 0.399 e. The number of anilines is 1. The van der Waals surface area contributed by atoms with Crippen molar-refractivity contribution < 1.29 is 9.18 Å². The topological polar surface area (TPSA) is 43.1 Å². The minimum Gasteiger partial charge on any atom is -0.399 e. The second-order valence-electron chi connectivity index (χ2n) is 4.04.